The van der Waals surface area contributed by atoms with Gasteiger partial charge in [-0.25, -0.2) is 4.79 Å². The molecule has 0 radical (unpaired) electrons. The van der Waals surface area contributed by atoms with Gasteiger partial charge in [-0.05, 0) is 20.0 Å². The molecular formula is C9H17F2NO2. The standard InChI is InChI=1S/C9H17F2NO2/c1-3-4-5-6-12(2)7-9(10,11)8(13)14/h3-7H2,1-2H3,(H,13,14). The summed E-state index contributed by atoms with van der Waals surface area (Å²) in [6.07, 6.45) is 2.81. The molecule has 0 saturated heterocycles. The summed E-state index contributed by atoms with van der Waals surface area (Å²) in [5.74, 6) is -5.69. The number of rotatable bonds is 7. The SMILES string of the molecule is CCCCCN(C)CC(F)(F)C(=O)O. The Hall–Kier alpha value is -0.710. The van der Waals surface area contributed by atoms with Crippen molar-refractivity contribution in [1.82, 2.24) is 4.90 Å². The zero-order valence-electron chi connectivity index (χ0n) is 8.59. The van der Waals surface area contributed by atoms with E-state index in [9.17, 15) is 13.6 Å². The van der Waals surface area contributed by atoms with Gasteiger partial charge in [-0.3, -0.25) is 0 Å². The van der Waals surface area contributed by atoms with Gasteiger partial charge < -0.3 is 10.0 Å². The van der Waals surface area contributed by atoms with E-state index in [1.54, 1.807) is 0 Å². The summed E-state index contributed by atoms with van der Waals surface area (Å²) in [6.45, 7) is 1.81. The van der Waals surface area contributed by atoms with E-state index >= 15 is 0 Å². The first-order valence-electron chi connectivity index (χ1n) is 4.70. The molecule has 0 aromatic carbocycles. The van der Waals surface area contributed by atoms with Crippen LogP contribution in [-0.2, 0) is 4.79 Å². The fourth-order valence-corrected chi connectivity index (χ4v) is 1.12. The van der Waals surface area contributed by atoms with Gasteiger partial charge in [-0.1, -0.05) is 19.8 Å². The third kappa shape index (κ3) is 5.11. The van der Waals surface area contributed by atoms with Crippen LogP contribution in [0.25, 0.3) is 0 Å². The Balaban J connectivity index is 3.81. The van der Waals surface area contributed by atoms with E-state index < -0.39 is 18.4 Å². The predicted octanol–water partition coefficient (Wildman–Crippen LogP) is 1.83. The van der Waals surface area contributed by atoms with Gasteiger partial charge >= 0.3 is 11.9 Å². The van der Waals surface area contributed by atoms with Crippen LogP contribution in [0.3, 0.4) is 0 Å². The Bertz CT molecular complexity index is 186. The molecule has 84 valence electrons. The topological polar surface area (TPSA) is 40.5 Å². The Morgan fingerprint density at radius 3 is 2.43 bits per heavy atom. The minimum Gasteiger partial charge on any atom is -0.477 e. The molecule has 0 amide bonds. The molecule has 0 unspecified atom stereocenters. The van der Waals surface area contributed by atoms with Crippen LogP contribution in [0, 0.1) is 0 Å². The molecule has 0 spiro atoms. The zero-order valence-corrected chi connectivity index (χ0v) is 8.59. The van der Waals surface area contributed by atoms with Crippen molar-refractivity contribution in [2.75, 3.05) is 20.1 Å². The number of carboxylic acid groups (broad SMARTS) is 1. The van der Waals surface area contributed by atoms with Crippen molar-refractivity contribution < 1.29 is 18.7 Å². The van der Waals surface area contributed by atoms with Gasteiger partial charge in [-0.15, -0.1) is 0 Å². The van der Waals surface area contributed by atoms with Crippen molar-refractivity contribution in [1.29, 1.82) is 0 Å². The Morgan fingerprint density at radius 1 is 1.43 bits per heavy atom. The van der Waals surface area contributed by atoms with Crippen molar-refractivity contribution in [3.8, 4) is 0 Å². The minimum atomic E-state index is -3.64. The molecule has 0 aliphatic heterocycles. The lowest BCUT2D eigenvalue weighted by molar-refractivity contribution is -0.166. The molecule has 0 saturated carbocycles. The van der Waals surface area contributed by atoms with E-state index in [0.717, 1.165) is 19.3 Å². The molecule has 0 rings (SSSR count). The van der Waals surface area contributed by atoms with Crippen LogP contribution in [0.2, 0.25) is 0 Å². The van der Waals surface area contributed by atoms with E-state index in [-0.39, 0.29) is 0 Å². The van der Waals surface area contributed by atoms with Gasteiger partial charge in [0.1, 0.15) is 0 Å². The second-order valence-corrected chi connectivity index (χ2v) is 3.45. The van der Waals surface area contributed by atoms with E-state index in [1.165, 1.54) is 11.9 Å². The zero-order chi connectivity index (χ0) is 11.2. The van der Waals surface area contributed by atoms with Crippen LogP contribution in [0.1, 0.15) is 26.2 Å². The summed E-state index contributed by atoms with van der Waals surface area (Å²) in [6, 6.07) is 0. The lowest BCUT2D eigenvalue weighted by atomic mass is 10.2. The van der Waals surface area contributed by atoms with E-state index in [1.807, 2.05) is 6.92 Å². The number of carbonyl (C=O) groups is 1. The number of aliphatic carboxylic acids is 1. The van der Waals surface area contributed by atoms with Gasteiger partial charge in [0, 0.05) is 0 Å². The molecule has 1 N–H and O–H groups in total. The van der Waals surface area contributed by atoms with Crippen LogP contribution in [0.15, 0.2) is 0 Å². The van der Waals surface area contributed by atoms with Crippen molar-refractivity contribution >= 4 is 5.97 Å². The molecule has 0 bridgehead atoms. The van der Waals surface area contributed by atoms with Crippen molar-refractivity contribution in [3.05, 3.63) is 0 Å². The first-order chi connectivity index (χ1) is 6.40. The highest BCUT2D eigenvalue weighted by atomic mass is 19.3. The summed E-state index contributed by atoms with van der Waals surface area (Å²) >= 11 is 0. The van der Waals surface area contributed by atoms with E-state index in [2.05, 4.69) is 0 Å². The molecule has 5 heteroatoms. The number of alkyl halides is 2. The molecular weight excluding hydrogens is 192 g/mol. The molecule has 3 nitrogen and oxygen atoms in total. The van der Waals surface area contributed by atoms with Gasteiger partial charge in [0.05, 0.1) is 6.54 Å². The fraction of sp³-hybridized carbons (Fsp3) is 0.889. The molecule has 0 fully saturated rings. The molecule has 14 heavy (non-hydrogen) atoms. The monoisotopic (exact) mass is 209 g/mol. The second-order valence-electron chi connectivity index (χ2n) is 3.45. The second kappa shape index (κ2) is 5.90. The minimum absolute atomic E-state index is 0.511. The Kier molecular flexibility index (Phi) is 5.60. The van der Waals surface area contributed by atoms with Crippen LogP contribution >= 0.6 is 0 Å². The first-order valence-corrected chi connectivity index (χ1v) is 4.70. The molecule has 0 aromatic heterocycles. The molecule has 0 aromatic rings. The maximum Gasteiger partial charge on any atom is 0.375 e. The predicted molar refractivity (Wildman–Crippen MR) is 49.6 cm³/mol. The highest BCUT2D eigenvalue weighted by molar-refractivity contribution is 5.75. The molecule has 0 heterocycles. The third-order valence-electron chi connectivity index (χ3n) is 1.92. The van der Waals surface area contributed by atoms with Crippen LogP contribution in [-0.4, -0.2) is 42.0 Å². The lowest BCUT2D eigenvalue weighted by Gasteiger charge is -2.20. The van der Waals surface area contributed by atoms with Crippen LogP contribution in [0.5, 0.6) is 0 Å². The highest BCUT2D eigenvalue weighted by Gasteiger charge is 2.39. The first kappa shape index (κ1) is 13.3. The third-order valence-corrected chi connectivity index (χ3v) is 1.92. The van der Waals surface area contributed by atoms with E-state index in [0.29, 0.717) is 6.54 Å². The van der Waals surface area contributed by atoms with Crippen LogP contribution in [0.4, 0.5) is 8.78 Å². The largest absolute Gasteiger partial charge is 0.477 e. The average Bonchev–Trinajstić information content (AvgIpc) is 2.03. The highest BCUT2D eigenvalue weighted by Crippen LogP contribution is 2.14. The van der Waals surface area contributed by atoms with Gasteiger partial charge in [0.25, 0.3) is 0 Å². The normalized spacial score (nSPS) is 12.1. The smallest absolute Gasteiger partial charge is 0.375 e. The summed E-state index contributed by atoms with van der Waals surface area (Å²) in [5, 5.41) is 8.19. The summed E-state index contributed by atoms with van der Waals surface area (Å²) in [7, 11) is 1.51. The molecule has 0 aliphatic carbocycles. The van der Waals surface area contributed by atoms with Gasteiger partial charge in [0.2, 0.25) is 0 Å². The Labute approximate surface area is 82.7 Å². The number of halogens is 2. The molecule has 0 aliphatic rings. The number of carboxylic acids is 1. The maximum absolute atomic E-state index is 12.7. The van der Waals surface area contributed by atoms with Crippen molar-refractivity contribution in [2.45, 2.75) is 32.1 Å². The average molecular weight is 209 g/mol. The van der Waals surface area contributed by atoms with Gasteiger partial charge in [0.15, 0.2) is 0 Å². The van der Waals surface area contributed by atoms with Gasteiger partial charge in [-0.2, -0.15) is 8.78 Å². The van der Waals surface area contributed by atoms with Crippen LogP contribution < -0.4 is 0 Å². The molecule has 0 atom stereocenters. The maximum atomic E-state index is 12.7. The number of unbranched alkanes of at least 4 members (excludes halogenated alkanes) is 2. The lowest BCUT2D eigenvalue weighted by Crippen LogP contribution is -2.41. The number of hydrogen-bond donors (Lipinski definition) is 1. The van der Waals surface area contributed by atoms with E-state index in [4.69, 9.17) is 5.11 Å². The summed E-state index contributed by atoms with van der Waals surface area (Å²) in [4.78, 5) is 11.5. The summed E-state index contributed by atoms with van der Waals surface area (Å²) in [5.41, 5.74) is 0. The Morgan fingerprint density at radius 2 is 2.00 bits per heavy atom. The fourth-order valence-electron chi connectivity index (χ4n) is 1.12. The number of hydrogen-bond acceptors (Lipinski definition) is 2. The van der Waals surface area contributed by atoms with Crippen molar-refractivity contribution in [2.24, 2.45) is 0 Å². The quantitative estimate of drug-likeness (QED) is 0.650. The van der Waals surface area contributed by atoms with Crippen molar-refractivity contribution in [3.63, 3.8) is 0 Å². The summed E-state index contributed by atoms with van der Waals surface area (Å²) < 4.78 is 25.3. The number of nitrogens with zero attached hydrogens (tertiary/aromatic N) is 1.